The number of aromatic nitrogens is 2. The number of nitrogens with one attached hydrogen (secondary N) is 2. The van der Waals surface area contributed by atoms with Crippen LogP contribution in [0.2, 0.25) is 0 Å². The number of hydrogen-bond acceptors (Lipinski definition) is 7. The highest BCUT2D eigenvalue weighted by molar-refractivity contribution is 5.94. The zero-order valence-electron chi connectivity index (χ0n) is 23.2. The molecule has 0 unspecified atom stereocenters. The molecule has 2 N–H and O–H groups in total. The lowest BCUT2D eigenvalue weighted by Crippen LogP contribution is -2.42. The first-order chi connectivity index (χ1) is 20.8. The number of esters is 1. The smallest absolute Gasteiger partial charge is 0.338 e. The Hall–Kier alpha value is -5.71. The second-order valence-corrected chi connectivity index (χ2v) is 9.58. The number of carbonyl (C=O) groups excluding carboxylic acids is 3. The van der Waals surface area contributed by atoms with Gasteiger partial charge < -0.3 is 19.8 Å². The Morgan fingerprint density at radius 2 is 1.56 bits per heavy atom. The summed E-state index contributed by atoms with van der Waals surface area (Å²) in [4.78, 5) is 64.3. The van der Waals surface area contributed by atoms with E-state index in [1.54, 1.807) is 79.7 Å². The highest BCUT2D eigenvalue weighted by Gasteiger charge is 2.16. The molecule has 0 fully saturated rings. The van der Waals surface area contributed by atoms with Gasteiger partial charge >= 0.3 is 11.7 Å². The maximum atomic E-state index is 13.6. The summed E-state index contributed by atoms with van der Waals surface area (Å²) in [7, 11) is 0. The fraction of sp³-hybridized carbons (Fsp3) is 0.156. The monoisotopic (exact) mass is 580 g/mol. The molecule has 2 amide bonds. The number of benzene rings is 3. The van der Waals surface area contributed by atoms with Crippen molar-refractivity contribution < 1.29 is 23.5 Å². The van der Waals surface area contributed by atoms with Crippen molar-refractivity contribution >= 4 is 34.4 Å². The molecule has 0 aliphatic heterocycles. The summed E-state index contributed by atoms with van der Waals surface area (Å²) in [5, 5.41) is 5.76. The van der Waals surface area contributed by atoms with Gasteiger partial charge in [-0.2, -0.15) is 0 Å². The lowest BCUT2D eigenvalue weighted by molar-refractivity contribution is -0.116. The van der Waals surface area contributed by atoms with Crippen LogP contribution in [0.15, 0.2) is 105 Å². The summed E-state index contributed by atoms with van der Waals surface area (Å²) in [5.74, 6) is -0.637. The van der Waals surface area contributed by atoms with E-state index in [-0.39, 0.29) is 37.5 Å². The number of hydrogen-bond donors (Lipinski definition) is 2. The first-order valence-electron chi connectivity index (χ1n) is 13.5. The summed E-state index contributed by atoms with van der Waals surface area (Å²) < 4.78 is 12.5. The van der Waals surface area contributed by atoms with Crippen molar-refractivity contribution in [3.05, 3.63) is 134 Å². The molecule has 3 aromatic carbocycles. The van der Waals surface area contributed by atoms with Crippen molar-refractivity contribution in [3.63, 3.8) is 0 Å². The van der Waals surface area contributed by atoms with Crippen LogP contribution in [0.4, 0.5) is 5.69 Å². The van der Waals surface area contributed by atoms with Crippen LogP contribution in [0.5, 0.6) is 0 Å². The number of amides is 2. The number of anilines is 1. The van der Waals surface area contributed by atoms with Crippen molar-refractivity contribution in [1.82, 2.24) is 14.5 Å². The van der Waals surface area contributed by atoms with Crippen LogP contribution < -0.4 is 21.9 Å². The first-order valence-corrected chi connectivity index (χ1v) is 13.5. The van der Waals surface area contributed by atoms with Crippen LogP contribution in [0.25, 0.3) is 10.9 Å². The number of para-hydroxylation sites is 1. The highest BCUT2D eigenvalue weighted by atomic mass is 16.5. The van der Waals surface area contributed by atoms with Gasteiger partial charge in [-0.15, -0.1) is 0 Å². The third kappa shape index (κ3) is 6.62. The van der Waals surface area contributed by atoms with E-state index in [1.807, 2.05) is 0 Å². The Balaban J connectivity index is 1.35. The minimum Gasteiger partial charge on any atom is -0.467 e. The Morgan fingerprint density at radius 3 is 2.26 bits per heavy atom. The van der Waals surface area contributed by atoms with E-state index in [9.17, 15) is 24.0 Å². The largest absolute Gasteiger partial charge is 0.467 e. The SMILES string of the molecule is CCOC(=O)c1ccc(NC(=O)Cn2c(=O)n(Cc3ccc(C(=O)NCc4ccco4)cc3)c(=O)c3ccccc32)cc1. The predicted octanol–water partition coefficient (Wildman–Crippen LogP) is 3.55. The van der Waals surface area contributed by atoms with Gasteiger partial charge in [-0.25, -0.2) is 9.59 Å². The van der Waals surface area contributed by atoms with E-state index in [4.69, 9.17) is 9.15 Å². The van der Waals surface area contributed by atoms with Gasteiger partial charge in [-0.1, -0.05) is 24.3 Å². The minimum atomic E-state index is -0.656. The summed E-state index contributed by atoms with van der Waals surface area (Å²) in [5.41, 5.74) is 0.975. The van der Waals surface area contributed by atoms with Gasteiger partial charge in [-0.05, 0) is 73.2 Å². The number of carbonyl (C=O) groups is 3. The Morgan fingerprint density at radius 1 is 0.837 bits per heavy atom. The van der Waals surface area contributed by atoms with E-state index < -0.39 is 23.1 Å². The molecule has 11 nitrogen and oxygen atoms in total. The summed E-state index contributed by atoms with van der Waals surface area (Å²) >= 11 is 0. The lowest BCUT2D eigenvalue weighted by atomic mass is 10.1. The molecule has 2 heterocycles. The number of furan rings is 1. The van der Waals surface area contributed by atoms with Crippen molar-refractivity contribution in [2.24, 2.45) is 0 Å². The van der Waals surface area contributed by atoms with Crippen molar-refractivity contribution in [2.45, 2.75) is 26.6 Å². The van der Waals surface area contributed by atoms with Gasteiger partial charge in [-0.3, -0.25) is 23.5 Å². The second-order valence-electron chi connectivity index (χ2n) is 9.58. The summed E-state index contributed by atoms with van der Waals surface area (Å²) in [6.07, 6.45) is 1.53. The van der Waals surface area contributed by atoms with Gasteiger partial charge in [0.15, 0.2) is 0 Å². The van der Waals surface area contributed by atoms with Gasteiger partial charge in [0.25, 0.3) is 11.5 Å². The minimum absolute atomic E-state index is 0.0618. The Kier molecular flexibility index (Phi) is 8.61. The molecule has 43 heavy (non-hydrogen) atoms. The molecule has 0 aliphatic rings. The quantitative estimate of drug-likeness (QED) is 0.241. The number of ether oxygens (including phenoxy) is 1. The van der Waals surface area contributed by atoms with E-state index >= 15 is 0 Å². The number of nitrogens with zero attached hydrogens (tertiary/aromatic N) is 2. The van der Waals surface area contributed by atoms with Crippen LogP contribution in [0, 0.1) is 0 Å². The van der Waals surface area contributed by atoms with Crippen LogP contribution in [-0.2, 0) is 29.2 Å². The maximum Gasteiger partial charge on any atom is 0.338 e. The Labute approximate surface area is 245 Å². The average Bonchev–Trinajstić information content (AvgIpc) is 3.55. The third-order valence-electron chi connectivity index (χ3n) is 6.67. The topological polar surface area (TPSA) is 142 Å². The van der Waals surface area contributed by atoms with E-state index in [2.05, 4.69) is 10.6 Å². The van der Waals surface area contributed by atoms with Gasteiger partial charge in [0, 0.05) is 11.3 Å². The fourth-order valence-corrected chi connectivity index (χ4v) is 4.54. The van der Waals surface area contributed by atoms with Crippen molar-refractivity contribution in [1.29, 1.82) is 0 Å². The van der Waals surface area contributed by atoms with Gasteiger partial charge in [0.1, 0.15) is 12.3 Å². The molecular weight excluding hydrogens is 552 g/mol. The average molecular weight is 581 g/mol. The second kappa shape index (κ2) is 12.9. The first kappa shape index (κ1) is 28.8. The molecule has 0 radical (unpaired) electrons. The molecule has 5 aromatic rings. The standard InChI is InChI=1S/C32H28N4O7/c1-2-42-31(40)23-13-15-24(16-14-23)34-28(37)20-35-27-8-4-3-7-26(27)30(39)36(32(35)41)19-21-9-11-22(12-10-21)29(38)33-18-25-6-5-17-43-25/h3-17H,2,18-20H2,1H3,(H,33,38)(H,34,37). The fourth-order valence-electron chi connectivity index (χ4n) is 4.54. The molecule has 0 saturated carbocycles. The molecule has 5 rings (SSSR count). The molecule has 0 aliphatic carbocycles. The van der Waals surface area contributed by atoms with Crippen LogP contribution in [0.1, 0.15) is 39.0 Å². The van der Waals surface area contributed by atoms with Crippen LogP contribution >= 0.6 is 0 Å². The Bertz CT molecular complexity index is 1890. The normalized spacial score (nSPS) is 10.8. The summed E-state index contributed by atoms with van der Waals surface area (Å²) in [6.45, 7) is 1.79. The van der Waals surface area contributed by atoms with E-state index in [0.717, 1.165) is 4.57 Å². The zero-order chi connectivity index (χ0) is 30.3. The molecule has 218 valence electrons. The molecule has 0 atom stereocenters. The van der Waals surface area contributed by atoms with Gasteiger partial charge in [0.2, 0.25) is 5.91 Å². The van der Waals surface area contributed by atoms with Crippen LogP contribution in [-0.4, -0.2) is 33.5 Å². The van der Waals surface area contributed by atoms with Gasteiger partial charge in [0.05, 0.1) is 42.4 Å². The molecule has 11 heteroatoms. The number of rotatable bonds is 10. The third-order valence-corrected chi connectivity index (χ3v) is 6.67. The van der Waals surface area contributed by atoms with E-state index in [1.165, 1.54) is 23.0 Å². The number of fused-ring (bicyclic) bond motifs is 1. The lowest BCUT2D eigenvalue weighted by Gasteiger charge is -2.14. The molecule has 2 aromatic heterocycles. The summed E-state index contributed by atoms with van der Waals surface area (Å²) in [6, 6.07) is 22.8. The zero-order valence-corrected chi connectivity index (χ0v) is 23.2. The van der Waals surface area contributed by atoms with E-state index in [0.29, 0.717) is 33.7 Å². The van der Waals surface area contributed by atoms with Crippen LogP contribution in [0.3, 0.4) is 0 Å². The molecule has 0 spiro atoms. The predicted molar refractivity (Wildman–Crippen MR) is 159 cm³/mol. The molecule has 0 bridgehead atoms. The maximum absolute atomic E-state index is 13.6. The molecule has 0 saturated heterocycles. The van der Waals surface area contributed by atoms with Crippen molar-refractivity contribution in [2.75, 3.05) is 11.9 Å². The highest BCUT2D eigenvalue weighted by Crippen LogP contribution is 2.13. The molecular formula is C32H28N4O7. The van der Waals surface area contributed by atoms with Crippen molar-refractivity contribution in [3.8, 4) is 0 Å².